The van der Waals surface area contributed by atoms with Gasteiger partial charge in [-0.05, 0) is 210 Å². The molecule has 87 heavy (non-hydrogen) atoms. The minimum absolute atomic E-state index is 0.129. The molecule has 6 aromatic carbocycles. The zero-order chi connectivity index (χ0) is 63.9. The van der Waals surface area contributed by atoms with Crippen LogP contribution in [0.1, 0.15) is 190 Å². The molecule has 2 amide bonds. The SMILES string of the molecule is CC(C)CC1(C(N)=O)c2ccc(C(=O)O)cc2CCc2cc(C(=O)O)ccc21.COC(=O)c1ccc2c(c1)CCc1cc(C(=O)OC)ccc1C2(CC(C)C)C(N)=O.[C-]#[N+]C1(CC(C)C)c2ccc(C(=O)OC)cc2CCc2cc(C(=O)OC)ccc21. The molecule has 3 aliphatic carbocycles. The maximum Gasteiger partial charge on any atom is 0.337 e. The Hall–Kier alpha value is -9.43. The molecule has 0 saturated carbocycles. The molecule has 3 aliphatic rings. The number of hydrogen-bond donors (Lipinski definition) is 4. The van der Waals surface area contributed by atoms with Crippen molar-refractivity contribution in [2.75, 3.05) is 28.4 Å². The molecule has 17 nitrogen and oxygen atoms in total. The van der Waals surface area contributed by atoms with Crippen LogP contribution in [0.25, 0.3) is 4.85 Å². The van der Waals surface area contributed by atoms with Gasteiger partial charge in [-0.2, -0.15) is 0 Å². The van der Waals surface area contributed by atoms with Gasteiger partial charge in [-0.15, -0.1) is 0 Å². The zero-order valence-electron chi connectivity index (χ0n) is 50.9. The van der Waals surface area contributed by atoms with Crippen molar-refractivity contribution in [3.8, 4) is 0 Å². The van der Waals surface area contributed by atoms with E-state index in [-0.39, 0.29) is 40.8 Å². The second-order valence-electron chi connectivity index (χ2n) is 23.6. The molecule has 9 rings (SSSR count). The van der Waals surface area contributed by atoms with E-state index in [9.17, 15) is 48.6 Å². The Bertz CT molecular complexity index is 3550. The molecule has 0 bridgehead atoms. The number of carbonyl (C=O) groups excluding carboxylic acids is 6. The van der Waals surface area contributed by atoms with Gasteiger partial charge in [0.1, 0.15) is 0 Å². The summed E-state index contributed by atoms with van der Waals surface area (Å²) in [7, 11) is 5.40. The van der Waals surface area contributed by atoms with Crippen molar-refractivity contribution in [2.24, 2.45) is 29.2 Å². The normalized spacial score (nSPS) is 14.4. The maximum absolute atomic E-state index is 13.1. The van der Waals surface area contributed by atoms with Gasteiger partial charge in [0.2, 0.25) is 11.8 Å². The molecule has 0 unspecified atom stereocenters. The molecule has 17 heteroatoms. The molecule has 0 radical (unpaired) electrons. The first kappa shape index (κ1) is 65.1. The lowest BCUT2D eigenvalue weighted by atomic mass is 9.67. The minimum atomic E-state index is -1.14. The summed E-state index contributed by atoms with van der Waals surface area (Å²) in [6, 6.07) is 31.1. The molecular formula is C70H75N3O14. The van der Waals surface area contributed by atoms with E-state index in [0.29, 0.717) is 91.2 Å². The lowest BCUT2D eigenvalue weighted by Crippen LogP contribution is -2.44. The first-order valence-electron chi connectivity index (χ1n) is 28.9. The average molecular weight is 1180 g/mol. The fourth-order valence-electron chi connectivity index (χ4n) is 13.1. The van der Waals surface area contributed by atoms with Crippen LogP contribution >= 0.6 is 0 Å². The number of fused-ring (bicyclic) bond motifs is 6. The number of esters is 4. The van der Waals surface area contributed by atoms with Gasteiger partial charge in [-0.3, -0.25) is 14.4 Å². The van der Waals surface area contributed by atoms with Crippen molar-refractivity contribution >= 4 is 47.6 Å². The van der Waals surface area contributed by atoms with E-state index in [1.54, 1.807) is 60.7 Å². The number of methoxy groups -OCH3 is 4. The van der Waals surface area contributed by atoms with Crippen molar-refractivity contribution in [1.29, 1.82) is 0 Å². The number of benzene rings is 6. The number of rotatable bonds is 14. The largest absolute Gasteiger partial charge is 0.478 e. The van der Waals surface area contributed by atoms with Gasteiger partial charge in [-0.25, -0.2) is 35.3 Å². The third kappa shape index (κ3) is 12.9. The number of carboxylic acids is 2. The highest BCUT2D eigenvalue weighted by Gasteiger charge is 2.49. The van der Waals surface area contributed by atoms with E-state index >= 15 is 0 Å². The van der Waals surface area contributed by atoms with E-state index < -0.39 is 52.1 Å². The van der Waals surface area contributed by atoms with Crippen LogP contribution in [-0.2, 0) is 83.4 Å². The van der Waals surface area contributed by atoms with Gasteiger partial charge in [-0.1, -0.05) is 65.8 Å². The van der Waals surface area contributed by atoms with E-state index in [4.69, 9.17) is 37.0 Å². The fourth-order valence-corrected chi connectivity index (χ4v) is 13.1. The number of primary amides is 2. The summed E-state index contributed by atoms with van der Waals surface area (Å²) in [5.74, 6) is -4.08. The Kier molecular flexibility index (Phi) is 20.1. The Morgan fingerprint density at radius 1 is 0.402 bits per heavy atom. The van der Waals surface area contributed by atoms with Crippen LogP contribution in [0.2, 0.25) is 0 Å². The van der Waals surface area contributed by atoms with Crippen molar-refractivity contribution in [3.63, 3.8) is 0 Å². The van der Waals surface area contributed by atoms with Crippen LogP contribution < -0.4 is 11.5 Å². The van der Waals surface area contributed by atoms with E-state index in [0.717, 1.165) is 55.6 Å². The predicted molar refractivity (Wildman–Crippen MR) is 326 cm³/mol. The van der Waals surface area contributed by atoms with Crippen LogP contribution in [0, 0.1) is 24.3 Å². The lowest BCUT2D eigenvalue weighted by Gasteiger charge is -2.35. The number of nitrogens with zero attached hydrogens (tertiary/aromatic N) is 1. The van der Waals surface area contributed by atoms with Gasteiger partial charge in [0.25, 0.3) is 5.54 Å². The molecule has 6 N–H and O–H groups in total. The topological polar surface area (TPSA) is 270 Å². The number of carbonyl (C=O) groups is 8. The van der Waals surface area contributed by atoms with Crippen molar-refractivity contribution in [3.05, 3.63) is 221 Å². The summed E-state index contributed by atoms with van der Waals surface area (Å²) < 4.78 is 19.4. The Morgan fingerprint density at radius 2 is 0.621 bits per heavy atom. The number of nitrogens with two attached hydrogens (primary N) is 2. The molecule has 0 atom stereocenters. The Morgan fingerprint density at radius 3 is 0.828 bits per heavy atom. The van der Waals surface area contributed by atoms with Crippen molar-refractivity contribution in [1.82, 2.24) is 0 Å². The monoisotopic (exact) mass is 1180 g/mol. The molecule has 0 spiro atoms. The minimum Gasteiger partial charge on any atom is -0.478 e. The average Bonchev–Trinajstić information content (AvgIpc) is 1.76. The van der Waals surface area contributed by atoms with Gasteiger partial charge in [0.15, 0.2) is 0 Å². The molecule has 0 heterocycles. The summed E-state index contributed by atoms with van der Waals surface area (Å²) in [6.45, 7) is 20.5. The van der Waals surface area contributed by atoms with Gasteiger partial charge >= 0.3 is 35.8 Å². The molecule has 454 valence electrons. The Labute approximate surface area is 507 Å². The molecule has 6 aromatic rings. The highest BCUT2D eigenvalue weighted by atomic mass is 16.5. The number of carboxylic acid groups (broad SMARTS) is 2. The summed E-state index contributed by atoms with van der Waals surface area (Å²) in [5.41, 5.74) is 21.2. The van der Waals surface area contributed by atoms with Crippen LogP contribution in [0.3, 0.4) is 0 Å². The van der Waals surface area contributed by atoms with E-state index in [1.165, 1.54) is 40.6 Å². The zero-order valence-corrected chi connectivity index (χ0v) is 50.9. The molecule has 0 saturated heterocycles. The second kappa shape index (κ2) is 26.9. The standard InChI is InChI=1S/C24H27NO5.C24H25NO4.C22H23NO5/c1-14(2)13-24(23(25)28)19-9-7-17(21(26)29-3)11-15(19)5-6-16-12-18(22(27)30-4)8-10-20(16)24;1-15(2)14-24(25-3)20-10-8-18(22(26)28-4)12-16(20)6-7-17-13-19(23(27)29-5)9-11-21(17)24;1-12(2)11-22(21(23)28)17-7-5-15(19(24)25)9-13(17)3-4-14-10-16(20(26)27)6-8-18(14)22/h7-12,14H,5-6,13H2,1-4H3,(H2,25,28);8-13,15H,6-7,14H2,1-2,4-5H3;5-10,12H,3-4,11H2,1-2H3,(H2,23,28)(H,24,25)(H,26,27). The highest BCUT2D eigenvalue weighted by molar-refractivity contribution is 5.97. The summed E-state index contributed by atoms with van der Waals surface area (Å²) in [4.78, 5) is 101. The summed E-state index contributed by atoms with van der Waals surface area (Å²) in [5, 5.41) is 18.7. The van der Waals surface area contributed by atoms with Crippen molar-refractivity contribution in [2.45, 2.75) is 116 Å². The van der Waals surface area contributed by atoms with Gasteiger partial charge < -0.3 is 40.6 Å². The summed E-state index contributed by atoms with van der Waals surface area (Å²) in [6.07, 6.45) is 5.15. The fraction of sp³-hybridized carbons (Fsp3) is 0.357. The lowest BCUT2D eigenvalue weighted by molar-refractivity contribution is -0.123. The molecule has 0 aromatic heterocycles. The van der Waals surface area contributed by atoms with Crippen LogP contribution in [-0.4, -0.2) is 86.3 Å². The van der Waals surface area contributed by atoms with E-state index in [1.807, 2.05) is 64.1 Å². The van der Waals surface area contributed by atoms with Gasteiger partial charge in [0, 0.05) is 17.5 Å². The first-order chi connectivity index (χ1) is 41.3. The first-order valence-corrected chi connectivity index (χ1v) is 28.9. The van der Waals surface area contributed by atoms with Crippen molar-refractivity contribution < 1.29 is 67.5 Å². The quantitative estimate of drug-likeness (QED) is 0.0449. The number of ether oxygens (including phenoxy) is 4. The number of aryl methyl sites for hydroxylation is 6. The molecule has 0 fully saturated rings. The predicted octanol–water partition coefficient (Wildman–Crippen LogP) is 10.7. The number of amides is 2. The number of aromatic carboxylic acids is 2. The molecule has 0 aliphatic heterocycles. The van der Waals surface area contributed by atoms with E-state index in [2.05, 4.69) is 18.7 Å². The second-order valence-corrected chi connectivity index (χ2v) is 23.6. The van der Waals surface area contributed by atoms with Crippen LogP contribution in [0.15, 0.2) is 109 Å². The third-order valence-corrected chi connectivity index (χ3v) is 16.7. The highest BCUT2D eigenvalue weighted by Crippen LogP contribution is 2.48. The van der Waals surface area contributed by atoms with Gasteiger partial charge in [0.05, 0.1) is 72.6 Å². The van der Waals surface area contributed by atoms with Crippen LogP contribution in [0.5, 0.6) is 0 Å². The Balaban J connectivity index is 0.000000187. The summed E-state index contributed by atoms with van der Waals surface area (Å²) >= 11 is 0. The molecular weight excluding hydrogens is 1110 g/mol. The number of hydrogen-bond acceptors (Lipinski definition) is 12. The smallest absolute Gasteiger partial charge is 0.337 e. The van der Waals surface area contributed by atoms with Crippen LogP contribution in [0.4, 0.5) is 0 Å². The maximum atomic E-state index is 13.1. The third-order valence-electron chi connectivity index (χ3n) is 16.7.